The summed E-state index contributed by atoms with van der Waals surface area (Å²) in [4.78, 5) is 15.8. The number of rotatable bonds is 3. The highest BCUT2D eigenvalue weighted by atomic mass is 16.5. The first-order valence-corrected chi connectivity index (χ1v) is 6.58. The van der Waals surface area contributed by atoms with Crippen LogP contribution < -0.4 is 5.73 Å². The molecule has 6 heteroatoms. The summed E-state index contributed by atoms with van der Waals surface area (Å²) >= 11 is 0. The molecule has 1 atom stereocenters. The van der Waals surface area contributed by atoms with Crippen LogP contribution in [0.1, 0.15) is 50.1 Å². The summed E-state index contributed by atoms with van der Waals surface area (Å²) in [6.45, 7) is 6.86. The number of carbonyl (C=O) groups excluding carboxylic acids is 1. The molecular formula is C13H21N3O3. The Balaban J connectivity index is 2.20. The van der Waals surface area contributed by atoms with Crippen molar-refractivity contribution < 1.29 is 14.3 Å². The number of imidazole rings is 1. The molecule has 0 radical (unpaired) electrons. The molecule has 1 aliphatic rings. The van der Waals surface area contributed by atoms with Crippen LogP contribution in [0.2, 0.25) is 0 Å². The highest BCUT2D eigenvalue weighted by Gasteiger charge is 2.31. The Morgan fingerprint density at radius 2 is 2.42 bits per heavy atom. The maximum Gasteiger partial charge on any atom is 0.360 e. The first-order valence-electron chi connectivity index (χ1n) is 6.58. The molecule has 0 aromatic carbocycles. The molecule has 0 amide bonds. The van der Waals surface area contributed by atoms with Gasteiger partial charge in [0.05, 0.1) is 18.5 Å². The number of esters is 1. The molecule has 1 aliphatic heterocycles. The second-order valence-electron chi connectivity index (χ2n) is 5.36. The Kier molecular flexibility index (Phi) is 3.80. The topological polar surface area (TPSA) is 79.4 Å². The molecule has 1 unspecified atom stereocenters. The van der Waals surface area contributed by atoms with Crippen molar-refractivity contribution in [1.82, 2.24) is 9.55 Å². The standard InChI is InChI=1S/C13H21N3O3/c1-4-18-12(17)10-11(14)16(8-15-10)9-5-6-19-13(2,3)7-9/h8-9H,4-7,14H2,1-3H3. The third kappa shape index (κ3) is 2.89. The predicted molar refractivity (Wildman–Crippen MR) is 70.9 cm³/mol. The minimum atomic E-state index is -0.468. The van der Waals surface area contributed by atoms with Gasteiger partial charge in [-0.05, 0) is 33.6 Å². The van der Waals surface area contributed by atoms with Gasteiger partial charge in [-0.1, -0.05) is 0 Å². The number of hydrogen-bond acceptors (Lipinski definition) is 5. The van der Waals surface area contributed by atoms with Gasteiger partial charge in [-0.3, -0.25) is 0 Å². The van der Waals surface area contributed by atoms with E-state index in [-0.39, 0.29) is 17.3 Å². The largest absolute Gasteiger partial charge is 0.461 e. The molecule has 1 aromatic heterocycles. The zero-order valence-corrected chi connectivity index (χ0v) is 11.7. The van der Waals surface area contributed by atoms with Gasteiger partial charge in [0.1, 0.15) is 5.82 Å². The number of nitrogens with zero attached hydrogens (tertiary/aromatic N) is 2. The van der Waals surface area contributed by atoms with Crippen LogP contribution in [-0.2, 0) is 9.47 Å². The third-order valence-corrected chi connectivity index (χ3v) is 3.37. The normalized spacial score (nSPS) is 22.2. The number of aromatic nitrogens is 2. The highest BCUT2D eigenvalue weighted by Crippen LogP contribution is 2.33. The van der Waals surface area contributed by atoms with Crippen molar-refractivity contribution in [2.45, 2.75) is 45.3 Å². The molecule has 0 aliphatic carbocycles. The summed E-state index contributed by atoms with van der Waals surface area (Å²) < 4.78 is 12.5. The van der Waals surface area contributed by atoms with Gasteiger partial charge in [0.2, 0.25) is 0 Å². The van der Waals surface area contributed by atoms with Gasteiger partial charge >= 0.3 is 5.97 Å². The average Bonchev–Trinajstić information content (AvgIpc) is 2.70. The quantitative estimate of drug-likeness (QED) is 0.844. The fraction of sp³-hybridized carbons (Fsp3) is 0.692. The fourth-order valence-corrected chi connectivity index (χ4v) is 2.46. The Bertz CT molecular complexity index is 468. The van der Waals surface area contributed by atoms with Gasteiger partial charge in [-0.2, -0.15) is 0 Å². The summed E-state index contributed by atoms with van der Waals surface area (Å²) in [6, 6.07) is 0.208. The van der Waals surface area contributed by atoms with E-state index in [1.807, 2.05) is 4.57 Å². The number of anilines is 1. The highest BCUT2D eigenvalue weighted by molar-refractivity contribution is 5.92. The molecular weight excluding hydrogens is 246 g/mol. The SMILES string of the molecule is CCOC(=O)c1ncn(C2CCOC(C)(C)C2)c1N. The lowest BCUT2D eigenvalue weighted by molar-refractivity contribution is -0.0688. The molecule has 0 spiro atoms. The van der Waals surface area contributed by atoms with Crippen LogP contribution in [0.15, 0.2) is 6.33 Å². The van der Waals surface area contributed by atoms with Crippen LogP contribution in [0.25, 0.3) is 0 Å². The number of nitrogen functional groups attached to an aromatic ring is 1. The fourth-order valence-electron chi connectivity index (χ4n) is 2.46. The van der Waals surface area contributed by atoms with Crippen molar-refractivity contribution in [1.29, 1.82) is 0 Å². The summed E-state index contributed by atoms with van der Waals surface area (Å²) in [7, 11) is 0. The monoisotopic (exact) mass is 267 g/mol. The molecule has 0 saturated carbocycles. The van der Waals surface area contributed by atoms with Crippen molar-refractivity contribution >= 4 is 11.8 Å². The molecule has 2 heterocycles. The molecule has 2 rings (SSSR count). The number of nitrogens with two attached hydrogens (primary N) is 1. The van der Waals surface area contributed by atoms with E-state index < -0.39 is 5.97 Å². The zero-order valence-electron chi connectivity index (χ0n) is 11.7. The third-order valence-electron chi connectivity index (χ3n) is 3.37. The Labute approximate surface area is 112 Å². The van der Waals surface area contributed by atoms with Crippen LogP contribution in [0.4, 0.5) is 5.82 Å². The van der Waals surface area contributed by atoms with Crippen LogP contribution in [0, 0.1) is 0 Å². The Morgan fingerprint density at radius 1 is 1.68 bits per heavy atom. The second-order valence-corrected chi connectivity index (χ2v) is 5.36. The predicted octanol–water partition coefficient (Wildman–Crippen LogP) is 1.77. The van der Waals surface area contributed by atoms with E-state index in [0.29, 0.717) is 19.0 Å². The lowest BCUT2D eigenvalue weighted by Gasteiger charge is -2.36. The summed E-state index contributed by atoms with van der Waals surface area (Å²) in [5.41, 5.74) is 6.04. The first kappa shape index (κ1) is 13.9. The van der Waals surface area contributed by atoms with E-state index in [0.717, 1.165) is 12.8 Å². The summed E-state index contributed by atoms with van der Waals surface area (Å²) in [6.07, 6.45) is 3.33. The molecule has 1 aromatic rings. The lowest BCUT2D eigenvalue weighted by atomic mass is 9.94. The first-order chi connectivity index (χ1) is 8.94. The molecule has 1 fully saturated rings. The van der Waals surface area contributed by atoms with Crippen molar-refractivity contribution in [3.05, 3.63) is 12.0 Å². The minimum Gasteiger partial charge on any atom is -0.461 e. The van der Waals surface area contributed by atoms with Crippen LogP contribution in [-0.4, -0.2) is 34.3 Å². The van der Waals surface area contributed by atoms with Crippen molar-refractivity contribution in [2.75, 3.05) is 18.9 Å². The van der Waals surface area contributed by atoms with Gasteiger partial charge in [-0.15, -0.1) is 0 Å². The molecule has 106 valence electrons. The maximum atomic E-state index is 11.7. The lowest BCUT2D eigenvalue weighted by Crippen LogP contribution is -2.35. The molecule has 1 saturated heterocycles. The smallest absolute Gasteiger partial charge is 0.360 e. The Hall–Kier alpha value is -1.56. The van der Waals surface area contributed by atoms with E-state index in [9.17, 15) is 4.79 Å². The van der Waals surface area contributed by atoms with Crippen LogP contribution in [0.5, 0.6) is 0 Å². The van der Waals surface area contributed by atoms with E-state index >= 15 is 0 Å². The minimum absolute atomic E-state index is 0.177. The van der Waals surface area contributed by atoms with E-state index in [4.69, 9.17) is 15.2 Å². The van der Waals surface area contributed by atoms with Gasteiger partial charge in [0.15, 0.2) is 5.69 Å². The molecule has 0 bridgehead atoms. The van der Waals surface area contributed by atoms with Crippen molar-refractivity contribution in [2.24, 2.45) is 0 Å². The van der Waals surface area contributed by atoms with Gasteiger partial charge in [0.25, 0.3) is 0 Å². The van der Waals surface area contributed by atoms with Gasteiger partial charge in [-0.25, -0.2) is 9.78 Å². The van der Waals surface area contributed by atoms with Gasteiger partial charge in [0, 0.05) is 12.6 Å². The van der Waals surface area contributed by atoms with Crippen molar-refractivity contribution in [3.8, 4) is 0 Å². The molecule has 6 nitrogen and oxygen atoms in total. The summed E-state index contributed by atoms with van der Waals surface area (Å²) in [5.74, 6) is -0.0915. The van der Waals surface area contributed by atoms with Crippen molar-refractivity contribution in [3.63, 3.8) is 0 Å². The molecule has 19 heavy (non-hydrogen) atoms. The van der Waals surface area contributed by atoms with E-state index in [1.165, 1.54) is 0 Å². The van der Waals surface area contributed by atoms with Crippen LogP contribution >= 0.6 is 0 Å². The maximum absolute atomic E-state index is 11.7. The Morgan fingerprint density at radius 3 is 3.05 bits per heavy atom. The van der Waals surface area contributed by atoms with Crippen LogP contribution in [0.3, 0.4) is 0 Å². The van der Waals surface area contributed by atoms with E-state index in [2.05, 4.69) is 18.8 Å². The number of ether oxygens (including phenoxy) is 2. The second kappa shape index (κ2) is 5.21. The number of carbonyl (C=O) groups is 1. The summed E-state index contributed by atoms with van der Waals surface area (Å²) in [5, 5.41) is 0. The average molecular weight is 267 g/mol. The van der Waals surface area contributed by atoms with Gasteiger partial charge < -0.3 is 19.8 Å². The number of hydrogen-bond donors (Lipinski definition) is 1. The van der Waals surface area contributed by atoms with E-state index in [1.54, 1.807) is 13.3 Å². The molecule has 2 N–H and O–H groups in total. The zero-order chi connectivity index (χ0) is 14.0.